The first-order chi connectivity index (χ1) is 21.2. The molecule has 2 aromatic rings. The van der Waals surface area contributed by atoms with Crippen molar-refractivity contribution in [3.05, 3.63) is 77.9 Å². The average Bonchev–Trinajstić information content (AvgIpc) is 3.45. The second-order valence-electron chi connectivity index (χ2n) is 13.8. The van der Waals surface area contributed by atoms with Gasteiger partial charge in [-0.1, -0.05) is 36.9 Å². The number of hydrogen-bond acceptors (Lipinski definition) is 8. The van der Waals surface area contributed by atoms with Crippen LogP contribution in [-0.2, 0) is 24.8 Å². The van der Waals surface area contributed by atoms with Gasteiger partial charge >= 0.3 is 0 Å². The molecule has 0 radical (unpaired) electrons. The van der Waals surface area contributed by atoms with E-state index < -0.39 is 76.3 Å². The Morgan fingerprint density at radius 3 is 2.33 bits per heavy atom. The van der Waals surface area contributed by atoms with Crippen molar-refractivity contribution in [3.8, 4) is 0 Å². The fraction of sp³-hybridized carbons (Fsp3) is 0.486. The number of nitrogen functional groups attached to an aromatic ring is 1. The summed E-state index contributed by atoms with van der Waals surface area (Å²) in [6.07, 6.45) is -0.560. The van der Waals surface area contributed by atoms with Crippen molar-refractivity contribution in [1.29, 1.82) is 0 Å². The lowest BCUT2D eigenvalue weighted by molar-refractivity contribution is -0.256. The summed E-state index contributed by atoms with van der Waals surface area (Å²) in [5.41, 5.74) is 0.434. The summed E-state index contributed by atoms with van der Waals surface area (Å²) in [6, 6.07) is 15.1. The maximum absolute atomic E-state index is 17.6. The van der Waals surface area contributed by atoms with Crippen LogP contribution in [0.2, 0.25) is 0 Å². The number of hydrogen-bond donors (Lipinski definition) is 3. The maximum atomic E-state index is 17.6. The van der Waals surface area contributed by atoms with E-state index in [1.54, 1.807) is 25.6 Å². The van der Waals surface area contributed by atoms with E-state index in [1.165, 1.54) is 19.1 Å². The molecule has 4 aliphatic carbocycles. The van der Waals surface area contributed by atoms with Crippen LogP contribution in [0.5, 0.6) is 0 Å². The van der Waals surface area contributed by atoms with Crippen LogP contribution < -0.4 is 5.73 Å². The lowest BCUT2D eigenvalue weighted by atomic mass is 9.44. The van der Waals surface area contributed by atoms with E-state index in [0.717, 1.165) is 15.9 Å². The number of nitrogens with two attached hydrogens (primary N) is 1. The van der Waals surface area contributed by atoms with Gasteiger partial charge in [0.2, 0.25) is 0 Å². The summed E-state index contributed by atoms with van der Waals surface area (Å²) >= 11 is 1.56. The molecular formula is C35H37F2NO6S. The first kappa shape index (κ1) is 30.7. The molecule has 0 amide bonds. The topological polar surface area (TPSA) is 119 Å². The molecule has 1 aliphatic heterocycles. The van der Waals surface area contributed by atoms with Crippen molar-refractivity contribution < 1.29 is 38.1 Å². The van der Waals surface area contributed by atoms with Gasteiger partial charge < -0.3 is 25.4 Å². The molecule has 5 aliphatic rings. The molecular weight excluding hydrogens is 600 g/mol. The zero-order valence-corrected chi connectivity index (χ0v) is 26.2. The SMILES string of the molecule is C[C@]1(c2ccc(Sc3ccc(N)cc3)cc2)O[C@H]2C[C@H]3[C@@H]4C[C@H](F)C5=CC(=O)C=C[C@]5(C)[C@@]4(F)[C@@H](O)C[C@]3(C)C2(C(=O)CO)O1. The number of alkyl halides is 2. The highest BCUT2D eigenvalue weighted by molar-refractivity contribution is 7.99. The van der Waals surface area contributed by atoms with E-state index >= 15 is 8.78 Å². The van der Waals surface area contributed by atoms with Gasteiger partial charge in [-0.2, -0.15) is 0 Å². The zero-order valence-electron chi connectivity index (χ0n) is 25.3. The molecule has 1 saturated heterocycles. The van der Waals surface area contributed by atoms with Gasteiger partial charge in [-0.3, -0.25) is 9.59 Å². The summed E-state index contributed by atoms with van der Waals surface area (Å²) in [5, 5.41) is 22.0. The summed E-state index contributed by atoms with van der Waals surface area (Å²) in [5.74, 6) is -4.02. The highest BCUT2D eigenvalue weighted by atomic mass is 32.2. The van der Waals surface area contributed by atoms with Crippen molar-refractivity contribution in [3.63, 3.8) is 0 Å². The number of aliphatic hydroxyl groups is 2. The van der Waals surface area contributed by atoms with Crippen molar-refractivity contribution in [2.75, 3.05) is 12.3 Å². The second-order valence-corrected chi connectivity index (χ2v) is 14.9. The van der Waals surface area contributed by atoms with Crippen LogP contribution in [-0.4, -0.2) is 58.0 Å². The lowest BCUT2D eigenvalue weighted by Gasteiger charge is -2.63. The summed E-state index contributed by atoms with van der Waals surface area (Å²) < 4.78 is 46.8. The Balaban J connectivity index is 1.23. The minimum atomic E-state index is -2.30. The molecule has 1 unspecified atom stereocenters. The van der Waals surface area contributed by atoms with Crippen molar-refractivity contribution >= 4 is 29.0 Å². The monoisotopic (exact) mass is 637 g/mol. The Kier molecular flexibility index (Phi) is 6.87. The van der Waals surface area contributed by atoms with Crippen LogP contribution >= 0.6 is 11.8 Å². The van der Waals surface area contributed by atoms with Gasteiger partial charge in [-0.05, 0) is 93.2 Å². The molecule has 7 nitrogen and oxygen atoms in total. The maximum Gasteiger partial charge on any atom is 0.193 e. The third-order valence-electron chi connectivity index (χ3n) is 11.6. The van der Waals surface area contributed by atoms with E-state index in [4.69, 9.17) is 15.2 Å². The molecule has 2 aromatic carbocycles. The Morgan fingerprint density at radius 2 is 1.69 bits per heavy atom. The normalized spacial score (nSPS) is 43.2. The summed E-state index contributed by atoms with van der Waals surface area (Å²) in [7, 11) is 0. The number of anilines is 1. The van der Waals surface area contributed by atoms with Crippen LogP contribution in [0.25, 0.3) is 0 Å². The first-order valence-electron chi connectivity index (χ1n) is 15.3. The minimum absolute atomic E-state index is 0.0359. The molecule has 10 heteroatoms. The largest absolute Gasteiger partial charge is 0.399 e. The third kappa shape index (κ3) is 4.02. The second kappa shape index (κ2) is 10.1. The van der Waals surface area contributed by atoms with Gasteiger partial charge in [0.1, 0.15) is 12.8 Å². The number of allylic oxidation sites excluding steroid dienone is 4. The number of rotatable bonds is 5. The van der Waals surface area contributed by atoms with Gasteiger partial charge in [0.25, 0.3) is 0 Å². The number of ether oxygens (including phenoxy) is 2. The van der Waals surface area contributed by atoms with Gasteiger partial charge in [-0.25, -0.2) is 8.78 Å². The van der Waals surface area contributed by atoms with Crippen LogP contribution in [0.4, 0.5) is 14.5 Å². The highest BCUT2D eigenvalue weighted by Gasteiger charge is 2.81. The van der Waals surface area contributed by atoms with Crippen molar-refractivity contribution in [2.24, 2.45) is 22.7 Å². The molecule has 1 heterocycles. The van der Waals surface area contributed by atoms with Crippen molar-refractivity contribution in [1.82, 2.24) is 0 Å². The fourth-order valence-electron chi connectivity index (χ4n) is 9.39. The molecule has 10 atom stereocenters. The molecule has 3 saturated carbocycles. The lowest BCUT2D eigenvalue weighted by Crippen LogP contribution is -2.71. The highest BCUT2D eigenvalue weighted by Crippen LogP contribution is 2.73. The zero-order chi connectivity index (χ0) is 32.2. The van der Waals surface area contributed by atoms with Crippen molar-refractivity contribution in [2.45, 2.75) is 85.3 Å². The van der Waals surface area contributed by atoms with Gasteiger partial charge in [0.05, 0.1) is 12.2 Å². The van der Waals surface area contributed by atoms with Gasteiger partial charge in [-0.15, -0.1) is 0 Å². The minimum Gasteiger partial charge on any atom is -0.399 e. The van der Waals surface area contributed by atoms with Gasteiger partial charge in [0, 0.05) is 37.8 Å². The number of benzene rings is 2. The molecule has 0 aromatic heterocycles. The number of ketones is 2. The number of carbonyl (C=O) groups excluding carboxylic acids is 2. The van der Waals surface area contributed by atoms with E-state index in [2.05, 4.69) is 0 Å². The Bertz CT molecular complexity index is 1630. The summed E-state index contributed by atoms with van der Waals surface area (Å²) in [4.78, 5) is 28.0. The average molecular weight is 638 g/mol. The third-order valence-corrected chi connectivity index (χ3v) is 12.6. The first-order valence-corrected chi connectivity index (χ1v) is 16.2. The Morgan fingerprint density at radius 1 is 1.04 bits per heavy atom. The smallest absolute Gasteiger partial charge is 0.193 e. The Labute approximate surface area is 264 Å². The Hall–Kier alpha value is -2.89. The van der Waals surface area contributed by atoms with Crippen LogP contribution in [0, 0.1) is 22.7 Å². The summed E-state index contributed by atoms with van der Waals surface area (Å²) in [6.45, 7) is 4.20. The molecule has 4 fully saturated rings. The molecule has 0 bridgehead atoms. The quantitative estimate of drug-likeness (QED) is 0.381. The van der Waals surface area contributed by atoms with E-state index in [0.29, 0.717) is 11.3 Å². The van der Waals surface area contributed by atoms with Crippen LogP contribution in [0.1, 0.15) is 45.6 Å². The fourth-order valence-corrected chi connectivity index (χ4v) is 10.2. The molecule has 0 spiro atoms. The number of halogens is 2. The van der Waals surface area contributed by atoms with E-state index in [9.17, 15) is 19.8 Å². The van der Waals surface area contributed by atoms with E-state index in [1.807, 2.05) is 48.5 Å². The van der Waals surface area contributed by atoms with Crippen LogP contribution in [0.15, 0.2) is 82.1 Å². The number of aliphatic hydroxyl groups excluding tert-OH is 2. The molecule has 238 valence electrons. The molecule has 7 rings (SSSR count). The predicted octanol–water partition coefficient (Wildman–Crippen LogP) is 5.24. The predicted molar refractivity (Wildman–Crippen MR) is 164 cm³/mol. The molecule has 4 N–H and O–H groups in total. The standard InChI is InChI=1S/C35H37F2NO6S/c1-31-13-12-21(40)14-26(31)27(36)15-25-24-16-30-35(29(42)18-39,32(24,2)17-28(41)34(25,31)37)44-33(3,43-30)19-4-8-22(9-5-19)45-23-10-6-20(38)7-11-23/h4-14,24-25,27-28,30,39,41H,15-18,38H2,1-3H3/t24-,25-,27-,28-,30-,31-,32-,33-,34-,35?/m0/s1. The molecule has 45 heavy (non-hydrogen) atoms. The van der Waals surface area contributed by atoms with E-state index in [-0.39, 0.29) is 24.8 Å². The number of carbonyl (C=O) groups is 2. The number of Topliss-reactive ketones (excluding diaryl/α,β-unsaturated/α-hetero) is 1. The van der Waals surface area contributed by atoms with Gasteiger partial charge in [0.15, 0.2) is 28.6 Å². The number of fused-ring (bicyclic) bond motifs is 7. The van der Waals surface area contributed by atoms with Crippen LogP contribution in [0.3, 0.4) is 0 Å².